The van der Waals surface area contributed by atoms with E-state index in [2.05, 4.69) is 13.8 Å². The van der Waals surface area contributed by atoms with Crippen LogP contribution in [-0.2, 0) is 16.0 Å². The van der Waals surface area contributed by atoms with Crippen molar-refractivity contribution in [3.8, 4) is 11.5 Å². The topological polar surface area (TPSA) is 59.1 Å². The molecule has 0 spiro atoms. The summed E-state index contributed by atoms with van der Waals surface area (Å²) in [7, 11) is 1.62. The zero-order chi connectivity index (χ0) is 29.0. The fourth-order valence-electron chi connectivity index (χ4n) is 5.33. The predicted octanol–water partition coefficient (Wildman–Crippen LogP) is 7.52. The number of hydrogen-bond donors (Lipinski definition) is 0. The van der Waals surface area contributed by atoms with Gasteiger partial charge in [-0.15, -0.1) is 0 Å². The summed E-state index contributed by atoms with van der Waals surface area (Å²) in [6.07, 6.45) is 2.00. The lowest BCUT2D eigenvalue weighted by molar-refractivity contribution is -0.131. The summed E-state index contributed by atoms with van der Waals surface area (Å²) < 4.78 is 11.9. The molecule has 0 bridgehead atoms. The fraction of sp³-hybridized carbons (Fsp3) is 0.394. The lowest BCUT2D eigenvalue weighted by Gasteiger charge is -2.38. The number of hydrogen-bond acceptors (Lipinski definition) is 4. The van der Waals surface area contributed by atoms with Gasteiger partial charge in [-0.3, -0.25) is 9.59 Å². The summed E-state index contributed by atoms with van der Waals surface area (Å²) in [5.41, 5.74) is 4.66. The van der Waals surface area contributed by atoms with E-state index in [9.17, 15) is 9.59 Å². The van der Waals surface area contributed by atoms with Crippen molar-refractivity contribution < 1.29 is 19.1 Å². The van der Waals surface area contributed by atoms with E-state index in [0.29, 0.717) is 23.1 Å². The molecule has 1 heterocycles. The minimum atomic E-state index is -0.379. The summed E-state index contributed by atoms with van der Waals surface area (Å²) in [5.74, 6) is 1.32. The smallest absolute Gasteiger partial charge is 0.232 e. The van der Waals surface area contributed by atoms with Crippen LogP contribution in [0.25, 0.3) is 0 Å². The van der Waals surface area contributed by atoms with Gasteiger partial charge in [0.15, 0.2) is 11.5 Å². The maximum atomic E-state index is 13.8. The predicted molar refractivity (Wildman–Crippen MR) is 160 cm³/mol. The van der Waals surface area contributed by atoms with Crippen molar-refractivity contribution in [3.05, 3.63) is 87.9 Å². The van der Waals surface area contributed by atoms with Crippen LogP contribution in [0.5, 0.6) is 11.5 Å². The number of nitrogens with zero attached hydrogens (tertiary/aromatic N) is 2. The highest BCUT2D eigenvalue weighted by atomic mass is 35.5. The molecular weight excluding hydrogens is 524 g/mol. The van der Waals surface area contributed by atoms with Crippen LogP contribution >= 0.6 is 11.6 Å². The first-order chi connectivity index (χ1) is 19.2. The Balaban J connectivity index is 1.80. The van der Waals surface area contributed by atoms with Crippen LogP contribution in [0.3, 0.4) is 0 Å². The molecule has 7 heteroatoms. The number of ether oxygens (including phenoxy) is 2. The van der Waals surface area contributed by atoms with Crippen molar-refractivity contribution in [1.82, 2.24) is 4.90 Å². The first-order valence-electron chi connectivity index (χ1n) is 14.0. The minimum Gasteiger partial charge on any atom is -0.493 e. The summed E-state index contributed by atoms with van der Waals surface area (Å²) in [4.78, 5) is 29.8. The summed E-state index contributed by atoms with van der Waals surface area (Å²) >= 11 is 6.24. The first kappa shape index (κ1) is 29.5. The molecule has 1 aliphatic rings. The molecule has 0 fully saturated rings. The Kier molecular flexibility index (Phi) is 9.41. The molecule has 0 aliphatic carbocycles. The Morgan fingerprint density at radius 1 is 1.05 bits per heavy atom. The van der Waals surface area contributed by atoms with Gasteiger partial charge >= 0.3 is 0 Å². The van der Waals surface area contributed by atoms with Crippen LogP contribution in [0.4, 0.5) is 5.69 Å². The quantitative estimate of drug-likeness (QED) is 0.256. The van der Waals surface area contributed by atoms with Crippen molar-refractivity contribution in [2.24, 2.45) is 0 Å². The van der Waals surface area contributed by atoms with Crippen LogP contribution in [0.2, 0.25) is 5.02 Å². The van der Waals surface area contributed by atoms with E-state index in [0.717, 1.165) is 40.8 Å². The molecule has 2 amide bonds. The van der Waals surface area contributed by atoms with Gasteiger partial charge in [-0.05, 0) is 85.3 Å². The number of methoxy groups -OCH3 is 1. The molecule has 212 valence electrons. The third kappa shape index (κ3) is 6.12. The average Bonchev–Trinajstić information content (AvgIpc) is 2.95. The molecule has 40 heavy (non-hydrogen) atoms. The molecule has 0 aromatic heterocycles. The van der Waals surface area contributed by atoms with Crippen molar-refractivity contribution in [3.63, 3.8) is 0 Å². The molecule has 2 unspecified atom stereocenters. The molecule has 3 atom stereocenters. The zero-order valence-corrected chi connectivity index (χ0v) is 25.0. The summed E-state index contributed by atoms with van der Waals surface area (Å²) in [5, 5.41) is 0.633. The lowest BCUT2D eigenvalue weighted by Crippen LogP contribution is -2.41. The van der Waals surface area contributed by atoms with Gasteiger partial charge in [-0.25, -0.2) is 0 Å². The van der Waals surface area contributed by atoms with Crippen LogP contribution in [-0.4, -0.2) is 36.5 Å². The van der Waals surface area contributed by atoms with Gasteiger partial charge < -0.3 is 19.3 Å². The zero-order valence-electron chi connectivity index (χ0n) is 24.2. The van der Waals surface area contributed by atoms with Gasteiger partial charge in [0.2, 0.25) is 11.8 Å². The van der Waals surface area contributed by atoms with Gasteiger partial charge in [0.1, 0.15) is 0 Å². The number of halogens is 1. The standard InChI is InChI=1S/C33H39ClN2O4/c1-7-17-35(23(5)37)22(4)24-11-15-28(16-12-24)36-32(38)19-26-18-30(39-6)31(40-21(3)8-2)20-29(26)33(36)25-9-13-27(34)14-10-25/h9-16,18,20-22,33H,7-8,17,19H2,1-6H3/t21-,22?,33?/m1/s1. The van der Waals surface area contributed by atoms with Crippen LogP contribution in [0.1, 0.15) is 81.8 Å². The fourth-order valence-corrected chi connectivity index (χ4v) is 5.46. The summed E-state index contributed by atoms with van der Waals surface area (Å²) in [6.45, 7) is 10.5. The molecule has 0 radical (unpaired) electrons. The van der Waals surface area contributed by atoms with Gasteiger partial charge in [-0.1, -0.05) is 49.7 Å². The Morgan fingerprint density at radius 3 is 2.30 bits per heavy atom. The second-order valence-electron chi connectivity index (χ2n) is 10.4. The SMILES string of the molecule is CCCN(C(C)=O)C(C)c1ccc(N2C(=O)Cc3cc(OC)c(O[C@H](C)CC)cc3C2c2ccc(Cl)cc2)cc1. The van der Waals surface area contributed by atoms with Crippen molar-refractivity contribution >= 4 is 29.1 Å². The van der Waals surface area contributed by atoms with E-state index < -0.39 is 0 Å². The second kappa shape index (κ2) is 12.8. The Hall–Kier alpha value is -3.51. The monoisotopic (exact) mass is 562 g/mol. The third-order valence-corrected chi connectivity index (χ3v) is 7.92. The summed E-state index contributed by atoms with van der Waals surface area (Å²) in [6, 6.07) is 19.1. The van der Waals surface area contributed by atoms with Crippen LogP contribution in [0.15, 0.2) is 60.7 Å². The molecule has 3 aromatic carbocycles. The van der Waals surface area contributed by atoms with E-state index in [1.807, 2.05) is 84.3 Å². The van der Waals surface area contributed by atoms with Gasteiger partial charge in [0, 0.05) is 24.2 Å². The Morgan fingerprint density at radius 2 is 1.73 bits per heavy atom. The lowest BCUT2D eigenvalue weighted by atomic mass is 9.86. The molecule has 3 aromatic rings. The highest BCUT2D eigenvalue weighted by molar-refractivity contribution is 6.30. The number of amides is 2. The van der Waals surface area contributed by atoms with E-state index in [1.165, 1.54) is 0 Å². The van der Waals surface area contributed by atoms with E-state index >= 15 is 0 Å². The maximum Gasteiger partial charge on any atom is 0.232 e. The van der Waals surface area contributed by atoms with E-state index in [1.54, 1.807) is 14.0 Å². The molecule has 0 N–H and O–H groups in total. The molecule has 0 saturated carbocycles. The van der Waals surface area contributed by atoms with Gasteiger partial charge in [-0.2, -0.15) is 0 Å². The number of anilines is 1. The van der Waals surface area contributed by atoms with Crippen LogP contribution < -0.4 is 14.4 Å². The number of fused-ring (bicyclic) bond motifs is 1. The third-order valence-electron chi connectivity index (χ3n) is 7.67. The average molecular weight is 563 g/mol. The number of rotatable bonds is 10. The van der Waals surface area contributed by atoms with Crippen molar-refractivity contribution in [1.29, 1.82) is 0 Å². The minimum absolute atomic E-state index is 0.0118. The van der Waals surface area contributed by atoms with E-state index in [-0.39, 0.29) is 36.4 Å². The highest BCUT2D eigenvalue weighted by Crippen LogP contribution is 2.44. The second-order valence-corrected chi connectivity index (χ2v) is 10.8. The van der Waals surface area contributed by atoms with Gasteiger partial charge in [0.05, 0.1) is 31.7 Å². The van der Waals surface area contributed by atoms with Crippen molar-refractivity contribution in [2.75, 3.05) is 18.6 Å². The first-order valence-corrected chi connectivity index (χ1v) is 14.4. The highest BCUT2D eigenvalue weighted by Gasteiger charge is 2.36. The molecule has 1 aliphatic heterocycles. The van der Waals surface area contributed by atoms with Crippen LogP contribution in [0, 0.1) is 0 Å². The molecule has 4 rings (SSSR count). The normalized spacial score (nSPS) is 16.2. The maximum absolute atomic E-state index is 13.8. The number of carbonyl (C=O) groups is 2. The van der Waals surface area contributed by atoms with Crippen molar-refractivity contribution in [2.45, 2.75) is 72.1 Å². The van der Waals surface area contributed by atoms with Gasteiger partial charge in [0.25, 0.3) is 0 Å². The Labute approximate surface area is 242 Å². The molecule has 0 saturated heterocycles. The molecular formula is C33H39ClN2O4. The van der Waals surface area contributed by atoms with E-state index in [4.69, 9.17) is 21.1 Å². The largest absolute Gasteiger partial charge is 0.493 e. The number of carbonyl (C=O) groups excluding carboxylic acids is 2. The number of benzene rings is 3. The molecule has 6 nitrogen and oxygen atoms in total. The Bertz CT molecular complexity index is 1340.